The van der Waals surface area contributed by atoms with Crippen molar-refractivity contribution in [1.29, 1.82) is 0 Å². The van der Waals surface area contributed by atoms with Crippen molar-refractivity contribution in [3.8, 4) is 0 Å². The molecule has 1 N–H and O–H groups in total. The second-order valence-electron chi connectivity index (χ2n) is 3.59. The van der Waals surface area contributed by atoms with E-state index in [1.54, 1.807) is 7.05 Å². The molecule has 4 heteroatoms. The second kappa shape index (κ2) is 4.58. The van der Waals surface area contributed by atoms with E-state index >= 15 is 0 Å². The summed E-state index contributed by atoms with van der Waals surface area (Å²) in [7, 11) is 1.78. The molecule has 0 aromatic carbocycles. The van der Waals surface area contributed by atoms with Crippen LogP contribution < -0.4 is 5.32 Å². The quantitative estimate of drug-likeness (QED) is 0.651. The van der Waals surface area contributed by atoms with Crippen LogP contribution in [-0.4, -0.2) is 49.7 Å². The molecule has 0 radical (unpaired) electrons. The number of rotatable bonds is 2. The molecule has 1 aliphatic heterocycles. The Morgan fingerprint density at radius 3 is 2.46 bits per heavy atom. The molecule has 0 spiro atoms. The van der Waals surface area contributed by atoms with Crippen LogP contribution in [0.1, 0.15) is 13.8 Å². The first kappa shape index (κ1) is 10.5. The van der Waals surface area contributed by atoms with E-state index in [0.29, 0.717) is 19.6 Å². The number of ether oxygens (including phenoxy) is 1. The van der Waals surface area contributed by atoms with E-state index in [1.165, 1.54) is 0 Å². The van der Waals surface area contributed by atoms with E-state index in [1.807, 2.05) is 18.7 Å². The van der Waals surface area contributed by atoms with Gasteiger partial charge >= 0.3 is 0 Å². The van der Waals surface area contributed by atoms with E-state index in [9.17, 15) is 4.79 Å². The van der Waals surface area contributed by atoms with Crippen LogP contribution in [0.4, 0.5) is 0 Å². The van der Waals surface area contributed by atoms with Crippen molar-refractivity contribution in [1.82, 2.24) is 10.2 Å². The van der Waals surface area contributed by atoms with E-state index < -0.39 is 0 Å². The van der Waals surface area contributed by atoms with Crippen molar-refractivity contribution in [3.05, 3.63) is 0 Å². The number of carbonyl (C=O) groups excluding carboxylic acids is 1. The lowest BCUT2D eigenvalue weighted by atomic mass is 10.2. The Bertz CT molecular complexity index is 174. The van der Waals surface area contributed by atoms with Crippen molar-refractivity contribution >= 4 is 5.91 Å². The van der Waals surface area contributed by atoms with Gasteiger partial charge in [-0.25, -0.2) is 0 Å². The third kappa shape index (κ3) is 2.97. The zero-order chi connectivity index (χ0) is 9.84. The second-order valence-corrected chi connectivity index (χ2v) is 3.59. The van der Waals surface area contributed by atoms with Gasteiger partial charge in [-0.1, -0.05) is 0 Å². The molecule has 2 atom stereocenters. The Morgan fingerprint density at radius 2 is 2.00 bits per heavy atom. The smallest absolute Gasteiger partial charge is 0.236 e. The average molecular weight is 186 g/mol. The molecule has 1 rings (SSSR count). The lowest BCUT2D eigenvalue weighted by molar-refractivity contribution is -0.142. The normalized spacial score (nSPS) is 29.0. The summed E-state index contributed by atoms with van der Waals surface area (Å²) < 4.78 is 5.53. The van der Waals surface area contributed by atoms with Crippen LogP contribution in [0.15, 0.2) is 0 Å². The lowest BCUT2D eigenvalue weighted by Crippen LogP contribution is -2.50. The van der Waals surface area contributed by atoms with Gasteiger partial charge in [0.15, 0.2) is 0 Å². The molecule has 1 aliphatic rings. The number of nitrogens with zero attached hydrogens (tertiary/aromatic N) is 1. The Morgan fingerprint density at radius 1 is 1.46 bits per heavy atom. The number of likely N-dealkylation sites (N-methyl/N-ethyl adjacent to an activating group) is 1. The zero-order valence-corrected chi connectivity index (χ0v) is 8.54. The van der Waals surface area contributed by atoms with Crippen LogP contribution >= 0.6 is 0 Å². The van der Waals surface area contributed by atoms with Gasteiger partial charge in [0.25, 0.3) is 0 Å². The Balaban J connectivity index is 2.45. The minimum absolute atomic E-state index is 0.157. The SMILES string of the molecule is CNCC(=O)N1C[C@H](C)O[C@@H](C)C1. The monoisotopic (exact) mass is 186 g/mol. The predicted octanol–water partition coefficient (Wildman–Crippen LogP) is -0.158. The number of hydrogen-bond acceptors (Lipinski definition) is 3. The Hall–Kier alpha value is -0.610. The maximum absolute atomic E-state index is 11.5. The van der Waals surface area contributed by atoms with Crippen molar-refractivity contribution in [2.75, 3.05) is 26.7 Å². The largest absolute Gasteiger partial charge is 0.372 e. The first-order valence-electron chi connectivity index (χ1n) is 4.71. The minimum atomic E-state index is 0.157. The van der Waals surface area contributed by atoms with Crippen LogP contribution in [0.5, 0.6) is 0 Å². The molecule has 13 heavy (non-hydrogen) atoms. The molecule has 1 saturated heterocycles. The number of hydrogen-bond donors (Lipinski definition) is 1. The van der Waals surface area contributed by atoms with Gasteiger partial charge in [0.1, 0.15) is 0 Å². The standard InChI is InChI=1S/C9H18N2O2/c1-7-5-11(6-8(2)13-7)9(12)4-10-3/h7-8,10H,4-6H2,1-3H3/t7-,8-/m0/s1. The Labute approximate surface area is 79.2 Å². The average Bonchev–Trinajstić information content (AvgIpc) is 2.03. The third-order valence-electron chi connectivity index (χ3n) is 2.10. The van der Waals surface area contributed by atoms with E-state index in [-0.39, 0.29) is 18.1 Å². The van der Waals surface area contributed by atoms with Gasteiger partial charge in [-0.15, -0.1) is 0 Å². The summed E-state index contributed by atoms with van der Waals surface area (Å²) in [6.45, 7) is 5.83. The highest BCUT2D eigenvalue weighted by Gasteiger charge is 2.24. The van der Waals surface area contributed by atoms with Gasteiger partial charge in [-0.05, 0) is 20.9 Å². The zero-order valence-electron chi connectivity index (χ0n) is 8.54. The molecule has 0 bridgehead atoms. The third-order valence-corrected chi connectivity index (χ3v) is 2.10. The van der Waals surface area contributed by atoms with Crippen molar-refractivity contribution in [3.63, 3.8) is 0 Å². The summed E-state index contributed by atoms with van der Waals surface area (Å²) in [5.74, 6) is 0.157. The van der Waals surface area contributed by atoms with Gasteiger partial charge < -0.3 is 15.0 Å². The summed E-state index contributed by atoms with van der Waals surface area (Å²) in [5, 5.41) is 2.86. The van der Waals surface area contributed by atoms with Gasteiger partial charge in [0.05, 0.1) is 18.8 Å². The number of morpholine rings is 1. The minimum Gasteiger partial charge on any atom is -0.372 e. The summed E-state index contributed by atoms with van der Waals surface area (Å²) in [4.78, 5) is 13.4. The first-order chi connectivity index (χ1) is 6.13. The summed E-state index contributed by atoms with van der Waals surface area (Å²) in [5.41, 5.74) is 0. The van der Waals surface area contributed by atoms with Gasteiger partial charge in [-0.3, -0.25) is 4.79 Å². The van der Waals surface area contributed by atoms with Crippen LogP contribution in [-0.2, 0) is 9.53 Å². The predicted molar refractivity (Wildman–Crippen MR) is 50.5 cm³/mol. The van der Waals surface area contributed by atoms with Crippen LogP contribution in [0, 0.1) is 0 Å². The highest BCUT2D eigenvalue weighted by atomic mass is 16.5. The molecule has 1 heterocycles. The highest BCUT2D eigenvalue weighted by Crippen LogP contribution is 2.10. The fourth-order valence-corrected chi connectivity index (χ4v) is 1.64. The van der Waals surface area contributed by atoms with E-state index in [2.05, 4.69) is 5.32 Å². The van der Waals surface area contributed by atoms with Gasteiger partial charge in [0, 0.05) is 13.1 Å². The molecule has 0 unspecified atom stereocenters. The first-order valence-corrected chi connectivity index (χ1v) is 4.71. The maximum atomic E-state index is 11.5. The Kier molecular flexibility index (Phi) is 3.69. The number of carbonyl (C=O) groups is 1. The number of nitrogens with one attached hydrogen (secondary N) is 1. The molecular formula is C9H18N2O2. The summed E-state index contributed by atoms with van der Waals surface area (Å²) in [6, 6.07) is 0. The molecule has 1 fully saturated rings. The molecule has 0 aliphatic carbocycles. The fourth-order valence-electron chi connectivity index (χ4n) is 1.64. The van der Waals surface area contributed by atoms with Crippen LogP contribution in [0.25, 0.3) is 0 Å². The topological polar surface area (TPSA) is 41.6 Å². The molecule has 0 aromatic heterocycles. The molecular weight excluding hydrogens is 168 g/mol. The van der Waals surface area contributed by atoms with E-state index in [0.717, 1.165) is 0 Å². The molecule has 4 nitrogen and oxygen atoms in total. The van der Waals surface area contributed by atoms with Crippen molar-refractivity contribution < 1.29 is 9.53 Å². The maximum Gasteiger partial charge on any atom is 0.236 e. The molecule has 76 valence electrons. The van der Waals surface area contributed by atoms with Crippen LogP contribution in [0.2, 0.25) is 0 Å². The highest BCUT2D eigenvalue weighted by molar-refractivity contribution is 5.78. The molecule has 0 saturated carbocycles. The van der Waals surface area contributed by atoms with Crippen molar-refractivity contribution in [2.24, 2.45) is 0 Å². The van der Waals surface area contributed by atoms with Crippen LogP contribution in [0.3, 0.4) is 0 Å². The fraction of sp³-hybridized carbons (Fsp3) is 0.889. The molecule has 0 aromatic rings. The summed E-state index contributed by atoms with van der Waals surface area (Å²) in [6.07, 6.45) is 0.314. The van der Waals surface area contributed by atoms with Gasteiger partial charge in [0.2, 0.25) is 5.91 Å². The molecule has 1 amide bonds. The lowest BCUT2D eigenvalue weighted by Gasteiger charge is -2.35. The van der Waals surface area contributed by atoms with E-state index in [4.69, 9.17) is 4.74 Å². The summed E-state index contributed by atoms with van der Waals surface area (Å²) >= 11 is 0. The van der Waals surface area contributed by atoms with Gasteiger partial charge in [-0.2, -0.15) is 0 Å². The number of amides is 1. The van der Waals surface area contributed by atoms with Crippen molar-refractivity contribution in [2.45, 2.75) is 26.1 Å².